The second-order valence-corrected chi connectivity index (χ2v) is 5.43. The molecule has 2 aliphatic rings. The fraction of sp³-hybridized carbons (Fsp3) is 0.429. The fourth-order valence-corrected chi connectivity index (χ4v) is 3.10. The summed E-state index contributed by atoms with van der Waals surface area (Å²) in [6.07, 6.45) is 4.73. The lowest BCUT2D eigenvalue weighted by Crippen LogP contribution is -2.39. The molecule has 1 saturated carbocycles. The van der Waals surface area contributed by atoms with E-state index >= 15 is 0 Å². The zero-order valence-corrected chi connectivity index (χ0v) is 10.8. The molecule has 1 N–H and O–H groups in total. The Bertz CT molecular complexity index is 499. The lowest BCUT2D eigenvalue weighted by atomic mass is 10.1. The van der Waals surface area contributed by atoms with E-state index in [1.807, 2.05) is 0 Å². The van der Waals surface area contributed by atoms with Gasteiger partial charge in [0.15, 0.2) is 0 Å². The van der Waals surface area contributed by atoms with Crippen molar-refractivity contribution >= 4 is 22.9 Å². The van der Waals surface area contributed by atoms with Gasteiger partial charge in [-0.25, -0.2) is 0 Å². The van der Waals surface area contributed by atoms with Crippen LogP contribution in [-0.4, -0.2) is 16.4 Å². The number of hydrogen-bond donors (Lipinski definition) is 1. The van der Waals surface area contributed by atoms with Gasteiger partial charge in [0.25, 0.3) is 0 Å². The Labute approximate surface area is 107 Å². The Hall–Kier alpha value is -1.22. The van der Waals surface area contributed by atoms with E-state index in [4.69, 9.17) is 17.2 Å². The van der Waals surface area contributed by atoms with E-state index in [0.717, 1.165) is 29.1 Å². The molecule has 1 aromatic rings. The van der Waals surface area contributed by atoms with Crippen LogP contribution in [0.15, 0.2) is 29.3 Å². The van der Waals surface area contributed by atoms with Crippen molar-refractivity contribution in [2.24, 2.45) is 4.99 Å². The molecule has 0 unspecified atom stereocenters. The first-order chi connectivity index (χ1) is 8.19. The average Bonchev–Trinajstić information content (AvgIpc) is 2.87. The van der Waals surface area contributed by atoms with Crippen molar-refractivity contribution < 1.29 is 0 Å². The third kappa shape index (κ3) is 1.89. The molecule has 1 fully saturated rings. The van der Waals surface area contributed by atoms with Crippen molar-refractivity contribution in [1.29, 1.82) is 0 Å². The molecule has 3 heteroatoms. The number of rotatable bonds is 1. The van der Waals surface area contributed by atoms with Gasteiger partial charge in [0, 0.05) is 5.56 Å². The van der Waals surface area contributed by atoms with E-state index in [2.05, 4.69) is 36.5 Å². The Morgan fingerprint density at radius 3 is 2.76 bits per heavy atom. The third-order valence-electron chi connectivity index (χ3n) is 3.61. The molecule has 3 rings (SSSR count). The molecule has 0 atom stereocenters. The standard InChI is InChI=1S/C14H16N2S/c1-10-5-4-6-11(9-10)12-13(17)16-14(15-12)7-2-3-8-14/h4-6,9H,2-3,7-8H2,1H3,(H,16,17). The SMILES string of the molecule is Cc1cccc(C2=NC3(CCCC3)NC2=S)c1. The number of nitrogens with one attached hydrogen (secondary N) is 1. The molecule has 1 heterocycles. The Morgan fingerprint density at radius 2 is 2.06 bits per heavy atom. The second-order valence-electron chi connectivity index (χ2n) is 5.02. The zero-order valence-electron chi connectivity index (χ0n) is 9.99. The average molecular weight is 244 g/mol. The number of aliphatic imine (C=N–C) groups is 1. The highest BCUT2D eigenvalue weighted by molar-refractivity contribution is 7.82. The van der Waals surface area contributed by atoms with Crippen LogP contribution in [-0.2, 0) is 0 Å². The fourth-order valence-electron chi connectivity index (χ4n) is 2.75. The normalized spacial score (nSPS) is 21.7. The van der Waals surface area contributed by atoms with Crippen molar-refractivity contribution in [3.63, 3.8) is 0 Å². The van der Waals surface area contributed by atoms with Crippen molar-refractivity contribution in [1.82, 2.24) is 5.32 Å². The van der Waals surface area contributed by atoms with Crippen molar-refractivity contribution in [3.8, 4) is 0 Å². The maximum absolute atomic E-state index is 5.43. The number of aryl methyl sites for hydroxylation is 1. The molecule has 88 valence electrons. The molecule has 2 nitrogen and oxygen atoms in total. The summed E-state index contributed by atoms with van der Waals surface area (Å²) in [5, 5.41) is 3.42. The van der Waals surface area contributed by atoms with Gasteiger partial charge in [0.05, 0.1) is 0 Å². The van der Waals surface area contributed by atoms with Crippen LogP contribution in [0, 0.1) is 6.92 Å². The van der Waals surface area contributed by atoms with Gasteiger partial charge >= 0.3 is 0 Å². The summed E-state index contributed by atoms with van der Waals surface area (Å²) in [6, 6.07) is 8.41. The zero-order chi connectivity index (χ0) is 11.9. The molecule has 17 heavy (non-hydrogen) atoms. The molecule has 1 spiro atoms. The Balaban J connectivity index is 2.00. The summed E-state index contributed by atoms with van der Waals surface area (Å²) in [5.74, 6) is 0. The van der Waals surface area contributed by atoms with Gasteiger partial charge in [0.2, 0.25) is 0 Å². The van der Waals surface area contributed by atoms with Gasteiger partial charge < -0.3 is 5.32 Å². The van der Waals surface area contributed by atoms with E-state index < -0.39 is 0 Å². The van der Waals surface area contributed by atoms with Crippen molar-refractivity contribution in [3.05, 3.63) is 35.4 Å². The summed E-state index contributed by atoms with van der Waals surface area (Å²) in [7, 11) is 0. The highest BCUT2D eigenvalue weighted by Gasteiger charge is 2.39. The van der Waals surface area contributed by atoms with E-state index in [1.165, 1.54) is 18.4 Å². The molecule has 0 radical (unpaired) electrons. The molecule has 0 saturated heterocycles. The smallest absolute Gasteiger partial charge is 0.131 e. The summed E-state index contributed by atoms with van der Waals surface area (Å²) < 4.78 is 0. The number of benzene rings is 1. The monoisotopic (exact) mass is 244 g/mol. The minimum Gasteiger partial charge on any atom is -0.351 e. The molecular weight excluding hydrogens is 228 g/mol. The summed E-state index contributed by atoms with van der Waals surface area (Å²) in [6.45, 7) is 2.10. The first-order valence-electron chi connectivity index (χ1n) is 6.18. The minimum absolute atomic E-state index is 0.0733. The quantitative estimate of drug-likeness (QED) is 0.768. The summed E-state index contributed by atoms with van der Waals surface area (Å²) in [5.41, 5.74) is 3.30. The topological polar surface area (TPSA) is 24.4 Å². The number of thiocarbonyl (C=S) groups is 1. The molecule has 1 aliphatic heterocycles. The Kier molecular flexibility index (Phi) is 2.51. The van der Waals surface area contributed by atoms with E-state index in [9.17, 15) is 0 Å². The van der Waals surface area contributed by atoms with E-state index in [-0.39, 0.29) is 5.66 Å². The van der Waals surface area contributed by atoms with Crippen LogP contribution < -0.4 is 5.32 Å². The maximum Gasteiger partial charge on any atom is 0.131 e. The highest BCUT2D eigenvalue weighted by atomic mass is 32.1. The lowest BCUT2D eigenvalue weighted by Gasteiger charge is -2.19. The summed E-state index contributed by atoms with van der Waals surface area (Å²) >= 11 is 5.43. The molecule has 1 aromatic carbocycles. The second kappa shape index (κ2) is 3.91. The Morgan fingerprint density at radius 1 is 1.29 bits per heavy atom. The largest absolute Gasteiger partial charge is 0.351 e. The van der Waals surface area contributed by atoms with E-state index in [0.29, 0.717) is 0 Å². The van der Waals surface area contributed by atoms with Gasteiger partial charge in [-0.2, -0.15) is 0 Å². The van der Waals surface area contributed by atoms with Gasteiger partial charge in [-0.05, 0) is 38.7 Å². The van der Waals surface area contributed by atoms with Gasteiger partial charge in [0.1, 0.15) is 16.4 Å². The van der Waals surface area contributed by atoms with E-state index in [1.54, 1.807) is 0 Å². The maximum atomic E-state index is 5.43. The molecule has 0 bridgehead atoms. The van der Waals surface area contributed by atoms with Gasteiger partial charge in [-0.3, -0.25) is 4.99 Å². The van der Waals surface area contributed by atoms with Gasteiger partial charge in [-0.15, -0.1) is 0 Å². The minimum atomic E-state index is -0.0733. The predicted octanol–water partition coefficient (Wildman–Crippen LogP) is 2.99. The van der Waals surface area contributed by atoms with Crippen LogP contribution in [0.25, 0.3) is 0 Å². The van der Waals surface area contributed by atoms with Crippen LogP contribution in [0.3, 0.4) is 0 Å². The van der Waals surface area contributed by atoms with Crippen molar-refractivity contribution in [2.75, 3.05) is 0 Å². The van der Waals surface area contributed by atoms with Crippen LogP contribution >= 0.6 is 12.2 Å². The first-order valence-corrected chi connectivity index (χ1v) is 6.59. The highest BCUT2D eigenvalue weighted by Crippen LogP contribution is 2.34. The molecule has 1 aliphatic carbocycles. The number of nitrogens with zero attached hydrogens (tertiary/aromatic N) is 1. The van der Waals surface area contributed by atoms with Gasteiger partial charge in [-0.1, -0.05) is 36.0 Å². The van der Waals surface area contributed by atoms with Crippen molar-refractivity contribution in [2.45, 2.75) is 38.3 Å². The molecular formula is C14H16N2S. The summed E-state index contributed by atoms with van der Waals surface area (Å²) in [4.78, 5) is 5.69. The van der Waals surface area contributed by atoms with Crippen LogP contribution in [0.4, 0.5) is 0 Å². The number of hydrogen-bond acceptors (Lipinski definition) is 2. The first kappa shape index (κ1) is 10.9. The van der Waals surface area contributed by atoms with Crippen LogP contribution in [0.1, 0.15) is 36.8 Å². The molecule has 0 amide bonds. The van der Waals surface area contributed by atoms with Crippen LogP contribution in [0.5, 0.6) is 0 Å². The predicted molar refractivity (Wildman–Crippen MR) is 74.6 cm³/mol. The molecule has 0 aromatic heterocycles. The van der Waals surface area contributed by atoms with Crippen LogP contribution in [0.2, 0.25) is 0 Å². The third-order valence-corrected chi connectivity index (χ3v) is 3.90. The lowest BCUT2D eigenvalue weighted by molar-refractivity contribution is 0.426.